The van der Waals surface area contributed by atoms with Crippen molar-refractivity contribution in [2.24, 2.45) is 0 Å². The highest BCUT2D eigenvalue weighted by molar-refractivity contribution is 7.91. The molecular weight excluding hydrogens is 272 g/mol. The van der Waals surface area contributed by atoms with E-state index >= 15 is 0 Å². The highest BCUT2D eigenvalue weighted by Gasteiger charge is 2.17. The molecule has 2 unspecified atom stereocenters. The van der Waals surface area contributed by atoms with E-state index < -0.39 is 21.5 Å². The first-order valence-electron chi connectivity index (χ1n) is 6.16. The summed E-state index contributed by atoms with van der Waals surface area (Å²) in [4.78, 5) is 0. The lowest BCUT2D eigenvalue weighted by atomic mass is 10.1. The Morgan fingerprint density at radius 1 is 1.21 bits per heavy atom. The first-order valence-corrected chi connectivity index (χ1v) is 7.98. The summed E-state index contributed by atoms with van der Waals surface area (Å²) >= 11 is 0. The third-order valence-electron chi connectivity index (χ3n) is 2.92. The van der Waals surface area contributed by atoms with E-state index in [1.54, 1.807) is 20.8 Å². The Hall–Kier alpha value is -1.01. The first kappa shape index (κ1) is 16.0. The number of rotatable bonds is 6. The van der Waals surface area contributed by atoms with Gasteiger partial charge < -0.3 is 5.32 Å². The molecule has 1 N–H and O–H groups in total. The summed E-state index contributed by atoms with van der Waals surface area (Å²) in [5.41, 5.74) is 0.583. The van der Waals surface area contributed by atoms with Crippen LogP contribution in [0.15, 0.2) is 18.2 Å². The lowest BCUT2D eigenvalue weighted by Crippen LogP contribution is -2.35. The van der Waals surface area contributed by atoms with Gasteiger partial charge in [0.25, 0.3) is 0 Å². The second kappa shape index (κ2) is 6.43. The normalized spacial score (nSPS) is 15.2. The molecule has 6 heteroatoms. The summed E-state index contributed by atoms with van der Waals surface area (Å²) in [5.74, 6) is -1.67. The zero-order valence-corrected chi connectivity index (χ0v) is 12.1. The van der Waals surface area contributed by atoms with Gasteiger partial charge in [0.2, 0.25) is 0 Å². The van der Waals surface area contributed by atoms with Gasteiger partial charge in [-0.1, -0.05) is 13.0 Å². The van der Waals surface area contributed by atoms with Gasteiger partial charge in [0.15, 0.2) is 21.5 Å². The minimum Gasteiger partial charge on any atom is -0.307 e. The van der Waals surface area contributed by atoms with Crippen LogP contribution in [0.5, 0.6) is 0 Å². The summed E-state index contributed by atoms with van der Waals surface area (Å²) in [6.07, 6.45) is 0. The topological polar surface area (TPSA) is 46.2 Å². The van der Waals surface area contributed by atoms with E-state index in [2.05, 4.69) is 5.32 Å². The molecule has 1 aromatic rings. The molecule has 0 aliphatic carbocycles. The fraction of sp³-hybridized carbons (Fsp3) is 0.538. The predicted octanol–water partition coefficient (Wildman–Crippen LogP) is 2.44. The highest BCUT2D eigenvalue weighted by Crippen LogP contribution is 2.16. The van der Waals surface area contributed by atoms with E-state index in [1.165, 1.54) is 6.07 Å². The smallest absolute Gasteiger partial charge is 0.159 e. The van der Waals surface area contributed by atoms with Crippen LogP contribution in [0.4, 0.5) is 8.78 Å². The van der Waals surface area contributed by atoms with Crippen LogP contribution in [0.25, 0.3) is 0 Å². The molecule has 0 saturated carbocycles. The summed E-state index contributed by atoms with van der Waals surface area (Å²) in [5, 5.41) is 3.06. The van der Waals surface area contributed by atoms with Gasteiger partial charge in [0, 0.05) is 17.8 Å². The largest absolute Gasteiger partial charge is 0.307 e. The average molecular weight is 291 g/mol. The van der Waals surface area contributed by atoms with Crippen LogP contribution in [-0.4, -0.2) is 26.0 Å². The van der Waals surface area contributed by atoms with Crippen molar-refractivity contribution >= 4 is 9.84 Å². The van der Waals surface area contributed by atoms with Gasteiger partial charge in [0.05, 0.1) is 5.75 Å². The second-order valence-electron chi connectivity index (χ2n) is 4.66. The van der Waals surface area contributed by atoms with E-state index in [1.807, 2.05) is 0 Å². The first-order chi connectivity index (χ1) is 8.75. The van der Waals surface area contributed by atoms with Gasteiger partial charge in [-0.2, -0.15) is 0 Å². The molecule has 0 aromatic heterocycles. The van der Waals surface area contributed by atoms with Crippen molar-refractivity contribution in [2.75, 3.05) is 11.5 Å². The molecule has 3 nitrogen and oxygen atoms in total. The fourth-order valence-corrected chi connectivity index (χ4v) is 2.95. The number of benzene rings is 1. The minimum atomic E-state index is -3.06. The average Bonchev–Trinajstić information content (AvgIpc) is 2.31. The maximum atomic E-state index is 13.1. The highest BCUT2D eigenvalue weighted by atomic mass is 32.2. The second-order valence-corrected chi connectivity index (χ2v) is 7.06. The molecule has 108 valence electrons. The zero-order valence-electron chi connectivity index (χ0n) is 11.3. The maximum absolute atomic E-state index is 13.1. The summed E-state index contributed by atoms with van der Waals surface area (Å²) in [7, 11) is -3.06. The summed E-state index contributed by atoms with van der Waals surface area (Å²) < 4.78 is 48.9. The van der Waals surface area contributed by atoms with Gasteiger partial charge in [-0.05, 0) is 31.5 Å². The predicted molar refractivity (Wildman–Crippen MR) is 71.7 cm³/mol. The molecule has 1 rings (SSSR count). The Balaban J connectivity index is 2.69. The third kappa shape index (κ3) is 4.87. The van der Waals surface area contributed by atoms with Crippen LogP contribution < -0.4 is 5.32 Å². The molecule has 19 heavy (non-hydrogen) atoms. The van der Waals surface area contributed by atoms with Crippen molar-refractivity contribution in [2.45, 2.75) is 32.9 Å². The standard InChI is InChI=1S/C13H19F2NO2S/c1-4-19(17,18)8-9(2)16-10(3)11-5-6-12(14)13(15)7-11/h5-7,9-10,16H,4,8H2,1-3H3. The maximum Gasteiger partial charge on any atom is 0.159 e. The Bertz CT molecular complexity index is 531. The van der Waals surface area contributed by atoms with Crippen molar-refractivity contribution in [3.8, 4) is 0 Å². The molecule has 0 bridgehead atoms. The van der Waals surface area contributed by atoms with Gasteiger partial charge >= 0.3 is 0 Å². The number of hydrogen-bond acceptors (Lipinski definition) is 3. The van der Waals surface area contributed by atoms with Crippen LogP contribution in [0.1, 0.15) is 32.4 Å². The SMILES string of the molecule is CCS(=O)(=O)CC(C)NC(C)c1ccc(F)c(F)c1. The molecule has 0 heterocycles. The number of halogens is 2. The quantitative estimate of drug-likeness (QED) is 0.875. The van der Waals surface area contributed by atoms with Crippen LogP contribution in [0, 0.1) is 11.6 Å². The van der Waals surface area contributed by atoms with E-state index in [0.717, 1.165) is 12.1 Å². The van der Waals surface area contributed by atoms with Gasteiger partial charge in [-0.3, -0.25) is 0 Å². The molecular formula is C13H19F2NO2S. The van der Waals surface area contributed by atoms with Crippen molar-refractivity contribution in [1.29, 1.82) is 0 Å². The Morgan fingerprint density at radius 3 is 2.37 bits per heavy atom. The van der Waals surface area contributed by atoms with E-state index in [9.17, 15) is 17.2 Å². The molecule has 0 radical (unpaired) electrons. The third-order valence-corrected chi connectivity index (χ3v) is 4.81. The van der Waals surface area contributed by atoms with E-state index in [0.29, 0.717) is 5.56 Å². The Kier molecular flexibility index (Phi) is 5.43. The van der Waals surface area contributed by atoms with Crippen LogP contribution in [0.2, 0.25) is 0 Å². The molecule has 0 spiro atoms. The molecule has 0 aliphatic heterocycles. The lowest BCUT2D eigenvalue weighted by molar-refractivity contribution is 0.484. The summed E-state index contributed by atoms with van der Waals surface area (Å²) in [6.45, 7) is 5.13. The van der Waals surface area contributed by atoms with Crippen LogP contribution in [0.3, 0.4) is 0 Å². The van der Waals surface area contributed by atoms with Crippen LogP contribution >= 0.6 is 0 Å². The molecule has 1 aromatic carbocycles. The Morgan fingerprint density at radius 2 is 1.84 bits per heavy atom. The van der Waals surface area contributed by atoms with Crippen molar-refractivity contribution in [1.82, 2.24) is 5.32 Å². The molecule has 0 amide bonds. The van der Waals surface area contributed by atoms with E-state index in [-0.39, 0.29) is 23.6 Å². The monoisotopic (exact) mass is 291 g/mol. The minimum absolute atomic E-state index is 0.0253. The van der Waals surface area contributed by atoms with Crippen molar-refractivity contribution in [3.05, 3.63) is 35.4 Å². The fourth-order valence-electron chi connectivity index (χ4n) is 1.85. The van der Waals surface area contributed by atoms with Crippen LogP contribution in [-0.2, 0) is 9.84 Å². The summed E-state index contributed by atoms with van der Waals surface area (Å²) in [6, 6.07) is 3.16. The van der Waals surface area contributed by atoms with Gasteiger partial charge in [-0.15, -0.1) is 0 Å². The van der Waals surface area contributed by atoms with E-state index in [4.69, 9.17) is 0 Å². The van der Waals surface area contributed by atoms with Gasteiger partial charge in [-0.25, -0.2) is 17.2 Å². The Labute approximate surface area is 112 Å². The molecule has 0 saturated heterocycles. The van der Waals surface area contributed by atoms with Crippen molar-refractivity contribution < 1.29 is 17.2 Å². The molecule has 0 fully saturated rings. The molecule has 0 aliphatic rings. The number of nitrogens with one attached hydrogen (secondary N) is 1. The zero-order chi connectivity index (χ0) is 14.6. The lowest BCUT2D eigenvalue weighted by Gasteiger charge is -2.20. The van der Waals surface area contributed by atoms with Crippen molar-refractivity contribution in [3.63, 3.8) is 0 Å². The number of sulfone groups is 1. The number of hydrogen-bond donors (Lipinski definition) is 1. The molecule has 2 atom stereocenters. The van der Waals surface area contributed by atoms with Gasteiger partial charge in [0.1, 0.15) is 0 Å².